The molecule has 0 aliphatic carbocycles. The van der Waals surface area contributed by atoms with Crippen molar-refractivity contribution in [2.45, 2.75) is 13.8 Å². The van der Waals surface area contributed by atoms with Crippen molar-refractivity contribution in [3.63, 3.8) is 0 Å². The Hall–Kier alpha value is -1.81. The molecule has 88 valence electrons. The van der Waals surface area contributed by atoms with Gasteiger partial charge in [0.2, 0.25) is 5.88 Å². The number of pyridine rings is 2. The van der Waals surface area contributed by atoms with Gasteiger partial charge in [0.15, 0.2) is 5.75 Å². The number of hydrogen-bond acceptors (Lipinski definition) is 4. The fourth-order valence-corrected chi connectivity index (χ4v) is 1.58. The highest BCUT2D eigenvalue weighted by Crippen LogP contribution is 2.28. The zero-order valence-corrected chi connectivity index (χ0v) is 10.3. The molecule has 0 fully saturated rings. The number of hydrogen-bond donors (Lipinski definition) is 1. The van der Waals surface area contributed by atoms with Gasteiger partial charge in [-0.15, -0.1) is 0 Å². The molecule has 0 bridgehead atoms. The van der Waals surface area contributed by atoms with Gasteiger partial charge in [-0.1, -0.05) is 11.6 Å². The fraction of sp³-hybridized carbons (Fsp3) is 0.167. The summed E-state index contributed by atoms with van der Waals surface area (Å²) in [5, 5.41) is 0.480. The molecule has 0 unspecified atom stereocenters. The van der Waals surface area contributed by atoms with Crippen LogP contribution in [0.1, 0.15) is 11.4 Å². The van der Waals surface area contributed by atoms with E-state index in [1.165, 1.54) is 6.20 Å². The molecule has 0 aromatic carbocycles. The van der Waals surface area contributed by atoms with Crippen LogP contribution in [0.15, 0.2) is 24.4 Å². The van der Waals surface area contributed by atoms with Gasteiger partial charge in [-0.05, 0) is 32.0 Å². The molecule has 0 amide bonds. The van der Waals surface area contributed by atoms with Crippen molar-refractivity contribution < 1.29 is 4.74 Å². The third kappa shape index (κ3) is 2.65. The van der Waals surface area contributed by atoms with E-state index in [4.69, 9.17) is 22.1 Å². The molecule has 0 spiro atoms. The highest BCUT2D eigenvalue weighted by atomic mass is 35.5. The minimum atomic E-state index is 0.336. The van der Waals surface area contributed by atoms with Crippen molar-refractivity contribution in [2.75, 3.05) is 5.73 Å². The summed E-state index contributed by atoms with van der Waals surface area (Å²) in [5.41, 5.74) is 7.89. The molecular formula is C12H12ClN3O. The highest BCUT2D eigenvalue weighted by Gasteiger charge is 2.07. The molecule has 0 aliphatic rings. The van der Waals surface area contributed by atoms with Gasteiger partial charge in [0.05, 0.1) is 16.4 Å². The number of rotatable bonds is 2. The molecule has 0 aliphatic heterocycles. The van der Waals surface area contributed by atoms with E-state index in [0.29, 0.717) is 22.3 Å². The lowest BCUT2D eigenvalue weighted by Crippen LogP contribution is -1.97. The number of nitrogens with two attached hydrogens (primary N) is 1. The average Bonchev–Trinajstić information content (AvgIpc) is 2.25. The maximum atomic E-state index is 5.76. The Morgan fingerprint density at radius 1 is 1.29 bits per heavy atom. The van der Waals surface area contributed by atoms with Crippen LogP contribution >= 0.6 is 11.6 Å². The van der Waals surface area contributed by atoms with E-state index < -0.39 is 0 Å². The monoisotopic (exact) mass is 249 g/mol. The predicted octanol–water partition coefficient (Wildman–Crippen LogP) is 3.12. The van der Waals surface area contributed by atoms with Crippen LogP contribution in [0, 0.1) is 13.8 Å². The molecule has 2 rings (SSSR count). The van der Waals surface area contributed by atoms with E-state index in [1.807, 2.05) is 26.0 Å². The van der Waals surface area contributed by atoms with Crippen LogP contribution in [-0.4, -0.2) is 9.97 Å². The van der Waals surface area contributed by atoms with E-state index in [1.54, 1.807) is 6.07 Å². The summed E-state index contributed by atoms with van der Waals surface area (Å²) in [6, 6.07) is 5.31. The van der Waals surface area contributed by atoms with Crippen LogP contribution in [0.25, 0.3) is 0 Å². The summed E-state index contributed by atoms with van der Waals surface area (Å²) in [4.78, 5) is 8.33. The van der Waals surface area contributed by atoms with Crippen LogP contribution < -0.4 is 10.5 Å². The molecule has 4 nitrogen and oxygen atoms in total. The molecule has 5 heteroatoms. The van der Waals surface area contributed by atoms with E-state index in [2.05, 4.69) is 9.97 Å². The third-order valence-corrected chi connectivity index (χ3v) is 2.44. The second-order valence-corrected chi connectivity index (χ2v) is 4.12. The summed E-state index contributed by atoms with van der Waals surface area (Å²) in [5.74, 6) is 0.972. The summed E-state index contributed by atoms with van der Waals surface area (Å²) in [7, 11) is 0. The first-order valence-electron chi connectivity index (χ1n) is 5.09. The Morgan fingerprint density at radius 3 is 2.71 bits per heavy atom. The maximum absolute atomic E-state index is 5.76. The summed E-state index contributed by atoms with van der Waals surface area (Å²) >= 11 is 5.76. The lowest BCUT2D eigenvalue weighted by Gasteiger charge is -2.09. The summed E-state index contributed by atoms with van der Waals surface area (Å²) in [6.45, 7) is 3.79. The normalized spacial score (nSPS) is 10.3. The van der Waals surface area contributed by atoms with Crippen LogP contribution in [0.4, 0.5) is 5.69 Å². The number of aromatic nitrogens is 2. The molecule has 2 heterocycles. The quantitative estimate of drug-likeness (QED) is 0.888. The molecule has 2 aromatic rings. The topological polar surface area (TPSA) is 61.0 Å². The zero-order chi connectivity index (χ0) is 12.4. The number of aryl methyl sites for hydroxylation is 2. The average molecular weight is 250 g/mol. The Labute approximate surface area is 104 Å². The third-order valence-electron chi connectivity index (χ3n) is 2.23. The van der Waals surface area contributed by atoms with Crippen molar-refractivity contribution in [3.05, 3.63) is 40.8 Å². The zero-order valence-electron chi connectivity index (χ0n) is 9.57. The molecule has 0 radical (unpaired) electrons. The molecular weight excluding hydrogens is 238 g/mol. The standard InChI is InChI=1S/C12H12ClN3O/c1-7-3-4-11(8(2)16-7)17-12-10(14)5-9(13)6-15-12/h3-6H,14H2,1-2H3. The van der Waals surface area contributed by atoms with Gasteiger partial charge in [-0.25, -0.2) is 4.98 Å². The van der Waals surface area contributed by atoms with Gasteiger partial charge >= 0.3 is 0 Å². The molecule has 2 aromatic heterocycles. The van der Waals surface area contributed by atoms with E-state index >= 15 is 0 Å². The van der Waals surface area contributed by atoms with E-state index in [9.17, 15) is 0 Å². The van der Waals surface area contributed by atoms with Crippen molar-refractivity contribution in [1.29, 1.82) is 0 Å². The van der Waals surface area contributed by atoms with E-state index in [-0.39, 0.29) is 0 Å². The second kappa shape index (κ2) is 4.59. The molecule has 17 heavy (non-hydrogen) atoms. The highest BCUT2D eigenvalue weighted by molar-refractivity contribution is 6.30. The number of anilines is 1. The fourth-order valence-electron chi connectivity index (χ4n) is 1.41. The largest absolute Gasteiger partial charge is 0.435 e. The molecule has 2 N–H and O–H groups in total. The van der Waals surface area contributed by atoms with Crippen molar-refractivity contribution in [3.8, 4) is 11.6 Å². The molecule has 0 atom stereocenters. The summed E-state index contributed by atoms with van der Waals surface area (Å²) < 4.78 is 5.59. The Kier molecular flexibility index (Phi) is 3.15. The lowest BCUT2D eigenvalue weighted by atomic mass is 10.3. The Bertz CT molecular complexity index is 508. The van der Waals surface area contributed by atoms with Crippen LogP contribution in [-0.2, 0) is 0 Å². The minimum Gasteiger partial charge on any atom is -0.435 e. The lowest BCUT2D eigenvalue weighted by molar-refractivity contribution is 0.459. The summed E-state index contributed by atoms with van der Waals surface area (Å²) in [6.07, 6.45) is 1.49. The Balaban J connectivity index is 2.31. The van der Waals surface area contributed by atoms with Crippen molar-refractivity contribution in [2.24, 2.45) is 0 Å². The predicted molar refractivity (Wildman–Crippen MR) is 67.4 cm³/mol. The van der Waals surface area contributed by atoms with Crippen LogP contribution in [0.2, 0.25) is 5.02 Å². The molecule has 0 saturated carbocycles. The minimum absolute atomic E-state index is 0.336. The van der Waals surface area contributed by atoms with Gasteiger partial charge in [0.25, 0.3) is 0 Å². The van der Waals surface area contributed by atoms with Crippen molar-refractivity contribution >= 4 is 17.3 Å². The number of ether oxygens (including phenoxy) is 1. The van der Waals surface area contributed by atoms with Gasteiger partial charge < -0.3 is 10.5 Å². The van der Waals surface area contributed by atoms with Gasteiger partial charge in [0, 0.05) is 11.9 Å². The Morgan fingerprint density at radius 2 is 2.06 bits per heavy atom. The molecule has 0 saturated heterocycles. The second-order valence-electron chi connectivity index (χ2n) is 3.69. The van der Waals surface area contributed by atoms with Gasteiger partial charge in [-0.3, -0.25) is 4.98 Å². The first-order valence-corrected chi connectivity index (χ1v) is 5.47. The maximum Gasteiger partial charge on any atom is 0.242 e. The number of nitrogen functional groups attached to an aromatic ring is 1. The van der Waals surface area contributed by atoms with Gasteiger partial charge in [-0.2, -0.15) is 0 Å². The first-order chi connectivity index (χ1) is 8.06. The van der Waals surface area contributed by atoms with Crippen LogP contribution in [0.3, 0.4) is 0 Å². The first kappa shape index (κ1) is 11.7. The SMILES string of the molecule is Cc1ccc(Oc2ncc(Cl)cc2N)c(C)n1. The smallest absolute Gasteiger partial charge is 0.242 e. The van der Waals surface area contributed by atoms with E-state index in [0.717, 1.165) is 11.4 Å². The number of nitrogens with zero attached hydrogens (tertiary/aromatic N) is 2. The van der Waals surface area contributed by atoms with Crippen LogP contribution in [0.5, 0.6) is 11.6 Å². The number of halogens is 1. The van der Waals surface area contributed by atoms with Crippen molar-refractivity contribution in [1.82, 2.24) is 9.97 Å². The van der Waals surface area contributed by atoms with Gasteiger partial charge in [0.1, 0.15) is 0 Å².